The Balaban J connectivity index is 3.03. The van der Waals surface area contributed by atoms with Crippen LogP contribution in [0.1, 0.15) is 16.8 Å². The van der Waals surface area contributed by atoms with E-state index in [9.17, 15) is 14.0 Å². The summed E-state index contributed by atoms with van der Waals surface area (Å²) in [5.41, 5.74) is 0.123. The number of methoxy groups -OCH3 is 1. The maximum atomic E-state index is 13.5. The van der Waals surface area contributed by atoms with Gasteiger partial charge in [-0.25, -0.2) is 4.39 Å². The molecule has 1 N–H and O–H groups in total. The Bertz CT molecular complexity index is 488. The lowest BCUT2D eigenvalue weighted by molar-refractivity contribution is -0.137. The van der Waals surface area contributed by atoms with Gasteiger partial charge in [0.25, 0.3) is 0 Å². The van der Waals surface area contributed by atoms with Crippen LogP contribution < -0.4 is 4.74 Å². The first-order chi connectivity index (χ1) is 8.86. The smallest absolute Gasteiger partial charge is 0.305 e. The van der Waals surface area contributed by atoms with E-state index in [1.54, 1.807) is 14.1 Å². The average molecular weight is 269 g/mol. The van der Waals surface area contributed by atoms with E-state index in [0.29, 0.717) is 0 Å². The molecule has 1 atom stereocenters. The van der Waals surface area contributed by atoms with Gasteiger partial charge in [0, 0.05) is 5.56 Å². The molecule has 0 aliphatic carbocycles. The van der Waals surface area contributed by atoms with Crippen molar-refractivity contribution in [3.8, 4) is 5.75 Å². The molecule has 0 saturated heterocycles. The second kappa shape index (κ2) is 6.29. The minimum atomic E-state index is -1.08. The molecule has 104 valence electrons. The van der Waals surface area contributed by atoms with Crippen molar-refractivity contribution >= 4 is 11.8 Å². The normalized spacial score (nSPS) is 12.3. The number of ketones is 1. The SMILES string of the molecule is COc1ccc(C(=O)C(CC(=O)O)N(C)C)cc1F. The van der Waals surface area contributed by atoms with Crippen LogP contribution in [0.25, 0.3) is 0 Å². The fourth-order valence-electron chi connectivity index (χ4n) is 1.69. The Morgan fingerprint density at radius 1 is 1.42 bits per heavy atom. The molecule has 0 bridgehead atoms. The molecule has 0 aromatic heterocycles. The molecule has 6 heteroatoms. The number of hydrogen-bond donors (Lipinski definition) is 1. The van der Waals surface area contributed by atoms with Crippen LogP contribution in [0.2, 0.25) is 0 Å². The van der Waals surface area contributed by atoms with Crippen molar-refractivity contribution in [3.63, 3.8) is 0 Å². The summed E-state index contributed by atoms with van der Waals surface area (Å²) in [6, 6.07) is 2.99. The molecule has 0 aliphatic heterocycles. The molecule has 0 amide bonds. The molecule has 0 fully saturated rings. The third kappa shape index (κ3) is 3.75. The van der Waals surface area contributed by atoms with E-state index < -0.39 is 23.6 Å². The van der Waals surface area contributed by atoms with Crippen LogP contribution in [-0.2, 0) is 4.79 Å². The molecule has 0 aliphatic rings. The summed E-state index contributed by atoms with van der Waals surface area (Å²) in [7, 11) is 4.53. The van der Waals surface area contributed by atoms with Gasteiger partial charge in [0.15, 0.2) is 17.3 Å². The topological polar surface area (TPSA) is 66.8 Å². The highest BCUT2D eigenvalue weighted by Gasteiger charge is 2.25. The third-order valence-electron chi connectivity index (χ3n) is 2.73. The van der Waals surface area contributed by atoms with Crippen molar-refractivity contribution in [3.05, 3.63) is 29.6 Å². The Labute approximate surface area is 110 Å². The number of ether oxygens (including phenoxy) is 1. The van der Waals surface area contributed by atoms with E-state index in [2.05, 4.69) is 0 Å². The van der Waals surface area contributed by atoms with Crippen LogP contribution in [0.3, 0.4) is 0 Å². The quantitative estimate of drug-likeness (QED) is 0.791. The minimum Gasteiger partial charge on any atom is -0.494 e. The maximum absolute atomic E-state index is 13.5. The van der Waals surface area contributed by atoms with Crippen molar-refractivity contribution in [2.45, 2.75) is 12.5 Å². The van der Waals surface area contributed by atoms with Crippen LogP contribution in [-0.4, -0.2) is 49.0 Å². The molecule has 1 aromatic rings. The number of aliphatic carboxylic acids is 1. The number of hydrogen-bond acceptors (Lipinski definition) is 4. The Kier molecular flexibility index (Phi) is 5.00. The second-order valence-electron chi connectivity index (χ2n) is 4.29. The van der Waals surface area contributed by atoms with Crippen LogP contribution in [0.4, 0.5) is 4.39 Å². The Hall–Kier alpha value is -1.95. The largest absolute Gasteiger partial charge is 0.494 e. The molecule has 5 nitrogen and oxygen atoms in total. The van der Waals surface area contributed by atoms with Gasteiger partial charge < -0.3 is 9.84 Å². The molecule has 0 spiro atoms. The lowest BCUT2D eigenvalue weighted by atomic mass is 10.0. The van der Waals surface area contributed by atoms with Crippen molar-refractivity contribution < 1.29 is 23.8 Å². The van der Waals surface area contributed by atoms with Gasteiger partial charge in [0.1, 0.15) is 0 Å². The molecule has 0 heterocycles. The minimum absolute atomic E-state index is 0.0381. The summed E-state index contributed by atoms with van der Waals surface area (Å²) < 4.78 is 18.3. The molecule has 1 rings (SSSR count). The van der Waals surface area contributed by atoms with E-state index in [-0.39, 0.29) is 17.7 Å². The van der Waals surface area contributed by atoms with E-state index >= 15 is 0 Å². The van der Waals surface area contributed by atoms with Crippen molar-refractivity contribution in [1.82, 2.24) is 4.90 Å². The first kappa shape index (κ1) is 15.1. The number of nitrogens with zero attached hydrogens (tertiary/aromatic N) is 1. The summed E-state index contributed by atoms with van der Waals surface area (Å²) in [4.78, 5) is 24.4. The van der Waals surface area contributed by atoms with Gasteiger partial charge in [-0.1, -0.05) is 0 Å². The van der Waals surface area contributed by atoms with Gasteiger partial charge in [0.05, 0.1) is 19.6 Å². The van der Waals surface area contributed by atoms with Crippen molar-refractivity contribution in [2.24, 2.45) is 0 Å². The molecule has 19 heavy (non-hydrogen) atoms. The molecule has 1 unspecified atom stereocenters. The zero-order chi connectivity index (χ0) is 14.6. The lowest BCUT2D eigenvalue weighted by Crippen LogP contribution is -2.37. The lowest BCUT2D eigenvalue weighted by Gasteiger charge is -2.21. The number of rotatable bonds is 6. The molecule has 0 radical (unpaired) electrons. The summed E-state index contributed by atoms with van der Waals surface area (Å²) in [5.74, 6) is -2.13. The third-order valence-corrected chi connectivity index (χ3v) is 2.73. The summed E-state index contributed by atoms with van der Waals surface area (Å²) >= 11 is 0. The first-order valence-electron chi connectivity index (χ1n) is 5.62. The summed E-state index contributed by atoms with van der Waals surface area (Å²) in [6.45, 7) is 0. The van der Waals surface area contributed by atoms with Gasteiger partial charge in [-0.3, -0.25) is 14.5 Å². The van der Waals surface area contributed by atoms with Gasteiger partial charge >= 0.3 is 5.97 Å². The fraction of sp³-hybridized carbons (Fsp3) is 0.385. The van der Waals surface area contributed by atoms with Gasteiger partial charge in [-0.05, 0) is 32.3 Å². The second-order valence-corrected chi connectivity index (χ2v) is 4.29. The number of halogens is 1. The molecular weight excluding hydrogens is 253 g/mol. The summed E-state index contributed by atoms with van der Waals surface area (Å²) in [5, 5.41) is 8.79. The van der Waals surface area contributed by atoms with E-state index in [0.717, 1.165) is 6.07 Å². The zero-order valence-electron chi connectivity index (χ0n) is 11.0. The maximum Gasteiger partial charge on any atom is 0.305 e. The van der Waals surface area contributed by atoms with Crippen LogP contribution in [0, 0.1) is 5.82 Å². The summed E-state index contributed by atoms with van der Waals surface area (Å²) in [6.07, 6.45) is -0.334. The number of benzene rings is 1. The number of carboxylic acids is 1. The van der Waals surface area contributed by atoms with Gasteiger partial charge in [0.2, 0.25) is 0 Å². The van der Waals surface area contributed by atoms with Crippen molar-refractivity contribution in [2.75, 3.05) is 21.2 Å². The van der Waals surface area contributed by atoms with Crippen molar-refractivity contribution in [1.29, 1.82) is 0 Å². The highest BCUT2D eigenvalue weighted by atomic mass is 19.1. The van der Waals surface area contributed by atoms with E-state index in [4.69, 9.17) is 9.84 Å². The zero-order valence-corrected chi connectivity index (χ0v) is 11.0. The van der Waals surface area contributed by atoms with Gasteiger partial charge in [-0.2, -0.15) is 0 Å². The molecule has 1 aromatic carbocycles. The van der Waals surface area contributed by atoms with Crippen LogP contribution in [0.15, 0.2) is 18.2 Å². The number of likely N-dealkylation sites (N-methyl/N-ethyl adjacent to an activating group) is 1. The average Bonchev–Trinajstić information content (AvgIpc) is 2.34. The van der Waals surface area contributed by atoms with Gasteiger partial charge in [-0.15, -0.1) is 0 Å². The highest BCUT2D eigenvalue weighted by molar-refractivity contribution is 6.01. The Morgan fingerprint density at radius 2 is 2.05 bits per heavy atom. The van der Waals surface area contributed by atoms with E-state index in [1.807, 2.05) is 0 Å². The number of carboxylic acid groups (broad SMARTS) is 1. The molecule has 0 saturated carbocycles. The number of carbonyl (C=O) groups is 2. The highest BCUT2D eigenvalue weighted by Crippen LogP contribution is 2.19. The van der Waals surface area contributed by atoms with Crippen LogP contribution in [0.5, 0.6) is 5.75 Å². The van der Waals surface area contributed by atoms with Crippen LogP contribution >= 0.6 is 0 Å². The Morgan fingerprint density at radius 3 is 2.47 bits per heavy atom. The standard InChI is InChI=1S/C13H16FNO4/c1-15(2)10(7-12(16)17)13(18)8-4-5-11(19-3)9(14)6-8/h4-6,10H,7H2,1-3H3,(H,16,17). The monoisotopic (exact) mass is 269 g/mol. The van der Waals surface area contributed by atoms with E-state index in [1.165, 1.54) is 24.1 Å². The predicted molar refractivity (Wildman–Crippen MR) is 67.0 cm³/mol. The molecular formula is C13H16FNO4. The predicted octanol–water partition coefficient (Wildman–Crippen LogP) is 1.42. The number of carbonyl (C=O) groups excluding carboxylic acids is 1. The fourth-order valence-corrected chi connectivity index (χ4v) is 1.69. The first-order valence-corrected chi connectivity index (χ1v) is 5.62. The number of Topliss-reactive ketones (excluding diaryl/α,β-unsaturated/α-hetero) is 1.